The van der Waals surface area contributed by atoms with E-state index in [0.29, 0.717) is 0 Å². The van der Waals surface area contributed by atoms with Crippen molar-refractivity contribution < 1.29 is 17.6 Å². The van der Waals surface area contributed by atoms with Crippen LogP contribution in [0.3, 0.4) is 0 Å². The Hall–Kier alpha value is -2.78. The van der Waals surface area contributed by atoms with Crippen LogP contribution in [0.15, 0.2) is 64.9 Å². The first-order chi connectivity index (χ1) is 11.9. The molecule has 0 saturated heterocycles. The standard InChI is InChI=1S/C16H12FN3O3S2/c17-11-5-4-6-12(9-11)18-15(21)14-10-24-16(19-14)20-25(22,23)13-7-2-1-3-8-13/h1-10H,(H,18,21)(H,19,20). The molecule has 1 aromatic heterocycles. The molecular weight excluding hydrogens is 365 g/mol. The van der Waals surface area contributed by atoms with Crippen LogP contribution in [0.5, 0.6) is 0 Å². The molecule has 0 bridgehead atoms. The summed E-state index contributed by atoms with van der Waals surface area (Å²) in [4.78, 5) is 16.2. The van der Waals surface area contributed by atoms with Gasteiger partial charge in [0.15, 0.2) is 5.13 Å². The van der Waals surface area contributed by atoms with Crippen molar-refractivity contribution in [2.45, 2.75) is 4.90 Å². The van der Waals surface area contributed by atoms with Crippen LogP contribution in [0.1, 0.15) is 10.5 Å². The van der Waals surface area contributed by atoms with Crippen molar-refractivity contribution in [2.24, 2.45) is 0 Å². The highest BCUT2D eigenvalue weighted by atomic mass is 32.2. The molecule has 2 aromatic carbocycles. The molecule has 25 heavy (non-hydrogen) atoms. The molecule has 0 saturated carbocycles. The molecule has 2 N–H and O–H groups in total. The van der Waals surface area contributed by atoms with E-state index in [-0.39, 0.29) is 21.4 Å². The molecule has 0 unspecified atom stereocenters. The number of rotatable bonds is 5. The number of carbonyl (C=O) groups is 1. The maximum absolute atomic E-state index is 13.1. The van der Waals surface area contributed by atoms with Gasteiger partial charge in [-0.15, -0.1) is 11.3 Å². The third kappa shape index (κ3) is 4.20. The minimum atomic E-state index is -3.77. The summed E-state index contributed by atoms with van der Waals surface area (Å²) in [6.07, 6.45) is 0. The normalized spacial score (nSPS) is 11.1. The van der Waals surface area contributed by atoms with Crippen molar-refractivity contribution in [2.75, 3.05) is 10.0 Å². The van der Waals surface area contributed by atoms with Crippen LogP contribution in [0.4, 0.5) is 15.2 Å². The molecule has 0 aliphatic carbocycles. The lowest BCUT2D eigenvalue weighted by Gasteiger charge is -2.04. The van der Waals surface area contributed by atoms with Gasteiger partial charge in [-0.2, -0.15) is 0 Å². The molecule has 0 fully saturated rings. The number of benzene rings is 2. The van der Waals surface area contributed by atoms with Crippen LogP contribution in [0.25, 0.3) is 0 Å². The first-order valence-electron chi connectivity index (χ1n) is 7.04. The van der Waals surface area contributed by atoms with Crippen LogP contribution in [-0.2, 0) is 10.0 Å². The zero-order valence-electron chi connectivity index (χ0n) is 12.6. The summed E-state index contributed by atoms with van der Waals surface area (Å²) in [5.74, 6) is -1.04. The van der Waals surface area contributed by atoms with E-state index in [0.717, 1.165) is 11.3 Å². The number of nitrogens with zero attached hydrogens (tertiary/aromatic N) is 1. The molecule has 128 valence electrons. The van der Waals surface area contributed by atoms with Crippen LogP contribution in [0.2, 0.25) is 0 Å². The lowest BCUT2D eigenvalue weighted by atomic mass is 10.3. The molecule has 1 amide bonds. The first kappa shape index (κ1) is 17.1. The second-order valence-corrected chi connectivity index (χ2v) is 7.46. The van der Waals surface area contributed by atoms with E-state index in [1.54, 1.807) is 18.2 Å². The summed E-state index contributed by atoms with van der Waals surface area (Å²) in [7, 11) is -3.77. The smallest absolute Gasteiger partial charge is 0.275 e. The lowest BCUT2D eigenvalue weighted by molar-refractivity contribution is 0.102. The van der Waals surface area contributed by atoms with E-state index in [9.17, 15) is 17.6 Å². The number of anilines is 2. The van der Waals surface area contributed by atoms with Gasteiger partial charge in [0.1, 0.15) is 11.5 Å². The Morgan fingerprint density at radius 2 is 1.84 bits per heavy atom. The van der Waals surface area contributed by atoms with Gasteiger partial charge in [-0.3, -0.25) is 9.52 Å². The van der Waals surface area contributed by atoms with Crippen molar-refractivity contribution in [1.29, 1.82) is 0 Å². The molecule has 1 heterocycles. The number of nitrogens with one attached hydrogen (secondary N) is 2. The van der Waals surface area contributed by atoms with E-state index in [2.05, 4.69) is 15.0 Å². The van der Waals surface area contributed by atoms with Crippen LogP contribution >= 0.6 is 11.3 Å². The van der Waals surface area contributed by atoms with Crippen molar-refractivity contribution in [3.8, 4) is 0 Å². The average molecular weight is 377 g/mol. The van der Waals surface area contributed by atoms with E-state index in [1.807, 2.05) is 0 Å². The Balaban J connectivity index is 1.73. The van der Waals surface area contributed by atoms with Crippen LogP contribution in [0, 0.1) is 5.82 Å². The molecular formula is C16H12FN3O3S2. The summed E-state index contributed by atoms with van der Waals surface area (Å²) in [5, 5.41) is 3.97. The number of carbonyl (C=O) groups excluding carboxylic acids is 1. The number of aromatic nitrogens is 1. The highest BCUT2D eigenvalue weighted by Gasteiger charge is 2.17. The molecule has 0 radical (unpaired) electrons. The van der Waals surface area contributed by atoms with Crippen LogP contribution < -0.4 is 10.0 Å². The van der Waals surface area contributed by atoms with E-state index >= 15 is 0 Å². The zero-order valence-corrected chi connectivity index (χ0v) is 14.3. The van der Waals surface area contributed by atoms with Gasteiger partial charge in [0.2, 0.25) is 0 Å². The number of halogens is 1. The molecule has 0 aliphatic heterocycles. The maximum Gasteiger partial charge on any atom is 0.275 e. The summed E-state index contributed by atoms with van der Waals surface area (Å²) in [5.41, 5.74) is 0.310. The van der Waals surface area contributed by atoms with Crippen molar-refractivity contribution in [3.63, 3.8) is 0 Å². The van der Waals surface area contributed by atoms with Crippen molar-refractivity contribution in [3.05, 3.63) is 71.5 Å². The Morgan fingerprint density at radius 1 is 1.08 bits per heavy atom. The van der Waals surface area contributed by atoms with Gasteiger partial charge >= 0.3 is 0 Å². The Bertz CT molecular complexity index is 1000. The van der Waals surface area contributed by atoms with Gasteiger partial charge in [0.25, 0.3) is 15.9 Å². The van der Waals surface area contributed by atoms with Crippen molar-refractivity contribution >= 4 is 38.1 Å². The van der Waals surface area contributed by atoms with Gasteiger partial charge in [-0.25, -0.2) is 17.8 Å². The predicted molar refractivity (Wildman–Crippen MR) is 93.7 cm³/mol. The molecule has 0 atom stereocenters. The number of hydrogen-bond acceptors (Lipinski definition) is 5. The number of amides is 1. The number of hydrogen-bond donors (Lipinski definition) is 2. The summed E-state index contributed by atoms with van der Waals surface area (Å²) >= 11 is 0.977. The predicted octanol–water partition coefficient (Wildman–Crippen LogP) is 3.34. The first-order valence-corrected chi connectivity index (χ1v) is 9.41. The minimum Gasteiger partial charge on any atom is -0.321 e. The van der Waals surface area contributed by atoms with Gasteiger partial charge < -0.3 is 5.32 Å². The summed E-state index contributed by atoms with van der Waals surface area (Å²) < 4.78 is 39.9. The third-order valence-corrected chi connectivity index (χ3v) is 5.34. The second kappa shape index (κ2) is 6.99. The van der Waals surface area contributed by atoms with Gasteiger partial charge in [-0.1, -0.05) is 24.3 Å². The third-order valence-electron chi connectivity index (χ3n) is 3.09. The Labute approximate surface area is 147 Å². The summed E-state index contributed by atoms with van der Waals surface area (Å²) in [6, 6.07) is 13.2. The van der Waals surface area contributed by atoms with E-state index in [4.69, 9.17) is 0 Å². The highest BCUT2D eigenvalue weighted by molar-refractivity contribution is 7.93. The lowest BCUT2D eigenvalue weighted by Crippen LogP contribution is -2.14. The largest absolute Gasteiger partial charge is 0.321 e. The summed E-state index contributed by atoms with van der Waals surface area (Å²) in [6.45, 7) is 0. The molecule has 3 aromatic rings. The quantitative estimate of drug-likeness (QED) is 0.714. The van der Waals surface area contributed by atoms with Crippen LogP contribution in [-0.4, -0.2) is 19.3 Å². The number of sulfonamides is 1. The second-order valence-electron chi connectivity index (χ2n) is 4.92. The maximum atomic E-state index is 13.1. The van der Waals surface area contributed by atoms with E-state index in [1.165, 1.54) is 41.8 Å². The molecule has 0 spiro atoms. The monoisotopic (exact) mass is 377 g/mol. The molecule has 9 heteroatoms. The fourth-order valence-electron chi connectivity index (χ4n) is 1.96. The SMILES string of the molecule is O=C(Nc1cccc(F)c1)c1csc(NS(=O)(=O)c2ccccc2)n1. The molecule has 0 aliphatic rings. The Kier molecular flexibility index (Phi) is 4.77. The molecule has 6 nitrogen and oxygen atoms in total. The topological polar surface area (TPSA) is 88.2 Å². The average Bonchev–Trinajstić information content (AvgIpc) is 3.03. The van der Waals surface area contributed by atoms with E-state index < -0.39 is 21.7 Å². The fraction of sp³-hybridized carbons (Fsp3) is 0. The van der Waals surface area contributed by atoms with Gasteiger partial charge in [0.05, 0.1) is 4.90 Å². The van der Waals surface area contributed by atoms with Gasteiger partial charge in [0, 0.05) is 11.1 Å². The van der Waals surface area contributed by atoms with Gasteiger partial charge in [-0.05, 0) is 30.3 Å². The highest BCUT2D eigenvalue weighted by Crippen LogP contribution is 2.21. The molecule has 3 rings (SSSR count). The van der Waals surface area contributed by atoms with Crippen molar-refractivity contribution in [1.82, 2.24) is 4.98 Å². The zero-order chi connectivity index (χ0) is 17.9. The fourth-order valence-corrected chi connectivity index (χ4v) is 3.92. The minimum absolute atomic E-state index is 0.0278. The number of thiazole rings is 1. The Morgan fingerprint density at radius 3 is 2.56 bits per heavy atom.